The van der Waals surface area contributed by atoms with Crippen molar-refractivity contribution >= 4 is 29.2 Å². The van der Waals surface area contributed by atoms with Crippen LogP contribution in [0.3, 0.4) is 0 Å². The van der Waals surface area contributed by atoms with Crippen LogP contribution in [-0.2, 0) is 16.1 Å². The summed E-state index contributed by atoms with van der Waals surface area (Å²) in [5.41, 5.74) is 0.289. The molecule has 1 aliphatic rings. The molecule has 1 aliphatic heterocycles. The van der Waals surface area contributed by atoms with E-state index in [1.165, 1.54) is 0 Å². The van der Waals surface area contributed by atoms with Gasteiger partial charge in [0.1, 0.15) is 5.54 Å². The van der Waals surface area contributed by atoms with Crippen molar-refractivity contribution in [3.63, 3.8) is 0 Å². The van der Waals surface area contributed by atoms with E-state index < -0.39 is 5.54 Å². The van der Waals surface area contributed by atoms with Crippen LogP contribution in [0.1, 0.15) is 19.4 Å². The van der Waals surface area contributed by atoms with Gasteiger partial charge in [0.25, 0.3) is 0 Å². The number of hydrogen-bond donors (Lipinski definition) is 0. The van der Waals surface area contributed by atoms with Gasteiger partial charge in [0.05, 0.1) is 6.61 Å². The van der Waals surface area contributed by atoms with Gasteiger partial charge in [-0.15, -0.1) is 0 Å². The average Bonchev–Trinajstić information content (AvgIpc) is 2.44. The highest BCUT2D eigenvalue weighted by molar-refractivity contribution is 6.35. The molecule has 0 aliphatic carbocycles. The number of halogens is 2. The lowest BCUT2D eigenvalue weighted by Gasteiger charge is -2.46. The number of piperazine rings is 1. The third kappa shape index (κ3) is 3.74. The number of carbonyl (C=O) groups is 1. The number of esters is 1. The largest absolute Gasteiger partial charge is 0.465 e. The van der Waals surface area contributed by atoms with E-state index in [1.807, 2.05) is 33.0 Å². The van der Waals surface area contributed by atoms with E-state index in [-0.39, 0.29) is 5.97 Å². The summed E-state index contributed by atoms with van der Waals surface area (Å²) in [5, 5.41) is 1.23. The highest BCUT2D eigenvalue weighted by Gasteiger charge is 2.44. The van der Waals surface area contributed by atoms with E-state index in [1.54, 1.807) is 6.07 Å². The number of benzene rings is 1. The molecule has 0 amide bonds. The Morgan fingerprint density at radius 2 is 2.09 bits per heavy atom. The monoisotopic (exact) mass is 344 g/mol. The zero-order chi connectivity index (χ0) is 16.3. The fourth-order valence-corrected chi connectivity index (χ4v) is 3.30. The molecule has 0 N–H and O–H groups in total. The Labute approximate surface area is 141 Å². The standard InChI is InChI=1S/C16H22Cl2N2O2/c1-4-22-15(21)16(2)11-19(3)7-8-20(16)10-12-5-6-13(17)9-14(12)18/h5-6,9H,4,7-8,10-11H2,1-3H3. The molecule has 6 heteroatoms. The third-order valence-electron chi connectivity index (χ3n) is 4.12. The summed E-state index contributed by atoms with van der Waals surface area (Å²) in [7, 11) is 2.02. The minimum Gasteiger partial charge on any atom is -0.465 e. The number of carbonyl (C=O) groups excluding carboxylic acids is 1. The molecule has 1 fully saturated rings. The van der Waals surface area contributed by atoms with Crippen LogP contribution in [0.4, 0.5) is 0 Å². The molecular weight excluding hydrogens is 323 g/mol. The quantitative estimate of drug-likeness (QED) is 0.786. The Morgan fingerprint density at radius 3 is 2.73 bits per heavy atom. The van der Waals surface area contributed by atoms with E-state index in [2.05, 4.69) is 9.80 Å². The maximum atomic E-state index is 12.5. The summed E-state index contributed by atoms with van der Waals surface area (Å²) in [4.78, 5) is 16.7. The predicted molar refractivity (Wildman–Crippen MR) is 89.4 cm³/mol. The van der Waals surface area contributed by atoms with Crippen molar-refractivity contribution in [2.45, 2.75) is 25.9 Å². The van der Waals surface area contributed by atoms with Gasteiger partial charge < -0.3 is 9.64 Å². The fraction of sp³-hybridized carbons (Fsp3) is 0.562. The van der Waals surface area contributed by atoms with Gasteiger partial charge in [-0.2, -0.15) is 0 Å². The maximum Gasteiger partial charge on any atom is 0.327 e. The first-order valence-corrected chi connectivity index (χ1v) is 8.17. The smallest absolute Gasteiger partial charge is 0.327 e. The van der Waals surface area contributed by atoms with Crippen LogP contribution in [0.5, 0.6) is 0 Å². The maximum absolute atomic E-state index is 12.5. The fourth-order valence-electron chi connectivity index (χ4n) is 2.83. The van der Waals surface area contributed by atoms with Crippen LogP contribution in [0.25, 0.3) is 0 Å². The molecule has 1 atom stereocenters. The molecule has 2 rings (SSSR count). The van der Waals surface area contributed by atoms with Crippen LogP contribution in [0.15, 0.2) is 18.2 Å². The lowest BCUT2D eigenvalue weighted by molar-refractivity contribution is -0.161. The van der Waals surface area contributed by atoms with Crippen LogP contribution >= 0.6 is 23.2 Å². The number of nitrogens with zero attached hydrogens (tertiary/aromatic N) is 2. The van der Waals surface area contributed by atoms with Crippen LogP contribution in [-0.4, -0.2) is 54.6 Å². The summed E-state index contributed by atoms with van der Waals surface area (Å²) in [5.74, 6) is -0.188. The Bertz CT molecular complexity index is 553. The summed E-state index contributed by atoms with van der Waals surface area (Å²) in [6.07, 6.45) is 0. The van der Waals surface area contributed by atoms with Crippen LogP contribution in [0.2, 0.25) is 10.0 Å². The number of rotatable bonds is 4. The normalized spacial score (nSPS) is 23.5. The van der Waals surface area contributed by atoms with Gasteiger partial charge in [0.2, 0.25) is 0 Å². The minimum atomic E-state index is -0.675. The Morgan fingerprint density at radius 1 is 1.36 bits per heavy atom. The second-order valence-corrected chi connectivity index (χ2v) is 6.73. The van der Waals surface area contributed by atoms with Gasteiger partial charge >= 0.3 is 5.97 Å². The SMILES string of the molecule is CCOC(=O)C1(C)CN(C)CCN1Cc1ccc(Cl)cc1Cl. The second-order valence-electron chi connectivity index (χ2n) is 5.89. The second kappa shape index (κ2) is 7.18. The highest BCUT2D eigenvalue weighted by Crippen LogP contribution is 2.28. The van der Waals surface area contributed by atoms with E-state index >= 15 is 0 Å². The van der Waals surface area contributed by atoms with Gasteiger partial charge in [-0.3, -0.25) is 9.69 Å². The van der Waals surface area contributed by atoms with Crippen molar-refractivity contribution < 1.29 is 9.53 Å². The molecule has 1 aromatic rings. The topological polar surface area (TPSA) is 32.8 Å². The molecule has 22 heavy (non-hydrogen) atoms. The summed E-state index contributed by atoms with van der Waals surface area (Å²) in [6, 6.07) is 5.46. The lowest BCUT2D eigenvalue weighted by atomic mass is 9.95. The zero-order valence-corrected chi connectivity index (χ0v) is 14.7. The predicted octanol–water partition coefficient (Wildman–Crippen LogP) is 3.06. The van der Waals surface area contributed by atoms with Gasteiger partial charge in [-0.1, -0.05) is 29.3 Å². The first kappa shape index (κ1) is 17.5. The molecule has 0 spiro atoms. The van der Waals surface area contributed by atoms with E-state index in [0.717, 1.165) is 18.7 Å². The van der Waals surface area contributed by atoms with E-state index in [9.17, 15) is 4.79 Å². The molecule has 122 valence electrons. The highest BCUT2D eigenvalue weighted by atomic mass is 35.5. The van der Waals surface area contributed by atoms with Crippen molar-refractivity contribution in [1.29, 1.82) is 0 Å². The first-order valence-electron chi connectivity index (χ1n) is 7.41. The van der Waals surface area contributed by atoms with Crippen molar-refractivity contribution in [1.82, 2.24) is 9.80 Å². The summed E-state index contributed by atoms with van der Waals surface area (Å²) >= 11 is 12.2. The molecule has 4 nitrogen and oxygen atoms in total. The molecule has 0 saturated carbocycles. The minimum absolute atomic E-state index is 0.188. The Balaban J connectivity index is 2.24. The van der Waals surface area contributed by atoms with Crippen molar-refractivity contribution in [3.05, 3.63) is 33.8 Å². The van der Waals surface area contributed by atoms with Crippen molar-refractivity contribution in [2.24, 2.45) is 0 Å². The molecule has 0 bridgehead atoms. The van der Waals surface area contributed by atoms with E-state index in [4.69, 9.17) is 27.9 Å². The molecule has 0 radical (unpaired) electrons. The summed E-state index contributed by atoms with van der Waals surface area (Å²) in [6.45, 7) is 7.06. The van der Waals surface area contributed by atoms with Crippen LogP contribution < -0.4 is 0 Å². The number of likely N-dealkylation sites (N-methyl/N-ethyl adjacent to an activating group) is 1. The zero-order valence-electron chi connectivity index (χ0n) is 13.2. The van der Waals surface area contributed by atoms with Gasteiger partial charge in [0, 0.05) is 36.2 Å². The van der Waals surface area contributed by atoms with Crippen molar-refractivity contribution in [2.75, 3.05) is 33.3 Å². The van der Waals surface area contributed by atoms with Gasteiger partial charge in [-0.05, 0) is 38.6 Å². The Hall–Kier alpha value is -0.810. The van der Waals surface area contributed by atoms with Crippen molar-refractivity contribution in [3.8, 4) is 0 Å². The average molecular weight is 345 g/mol. The number of hydrogen-bond acceptors (Lipinski definition) is 4. The van der Waals surface area contributed by atoms with E-state index in [0.29, 0.717) is 29.7 Å². The van der Waals surface area contributed by atoms with Gasteiger partial charge in [-0.25, -0.2) is 0 Å². The van der Waals surface area contributed by atoms with Crippen LogP contribution in [0, 0.1) is 0 Å². The Kier molecular flexibility index (Phi) is 5.72. The third-order valence-corrected chi connectivity index (χ3v) is 4.71. The molecular formula is C16H22Cl2N2O2. The molecule has 1 unspecified atom stereocenters. The molecule has 1 saturated heterocycles. The molecule has 0 aromatic heterocycles. The molecule has 1 heterocycles. The molecule has 1 aromatic carbocycles. The van der Waals surface area contributed by atoms with Gasteiger partial charge in [0.15, 0.2) is 0 Å². The summed E-state index contributed by atoms with van der Waals surface area (Å²) < 4.78 is 5.29. The number of ether oxygens (including phenoxy) is 1. The first-order chi connectivity index (χ1) is 10.4. The lowest BCUT2D eigenvalue weighted by Crippen LogP contribution is -2.63.